The SMILES string of the molecule is CNC(O)c1ccc2c(c1)N(C)C(=O)CO2. The average molecular weight is 222 g/mol. The van der Waals surface area contributed by atoms with Gasteiger partial charge in [-0.3, -0.25) is 10.1 Å². The lowest BCUT2D eigenvalue weighted by atomic mass is 10.1. The maximum absolute atomic E-state index is 11.4. The number of fused-ring (bicyclic) bond motifs is 1. The molecule has 0 aliphatic carbocycles. The Morgan fingerprint density at radius 3 is 3.00 bits per heavy atom. The first-order valence-corrected chi connectivity index (χ1v) is 5.02. The summed E-state index contributed by atoms with van der Waals surface area (Å²) in [5, 5.41) is 12.4. The van der Waals surface area contributed by atoms with Crippen LogP contribution in [0.4, 0.5) is 5.69 Å². The van der Waals surface area contributed by atoms with Crippen LogP contribution in [-0.4, -0.2) is 31.7 Å². The van der Waals surface area contributed by atoms with Gasteiger partial charge in [-0.1, -0.05) is 6.07 Å². The molecule has 2 rings (SSSR count). The Labute approximate surface area is 93.6 Å². The normalized spacial score (nSPS) is 16.7. The van der Waals surface area contributed by atoms with Crippen LogP contribution in [0.3, 0.4) is 0 Å². The van der Waals surface area contributed by atoms with Crippen molar-refractivity contribution in [3.05, 3.63) is 23.8 Å². The summed E-state index contributed by atoms with van der Waals surface area (Å²) in [5.41, 5.74) is 1.38. The van der Waals surface area contributed by atoms with Gasteiger partial charge >= 0.3 is 0 Å². The molecule has 1 amide bonds. The first-order valence-electron chi connectivity index (χ1n) is 5.02. The molecule has 86 valence electrons. The summed E-state index contributed by atoms with van der Waals surface area (Å²) in [6.45, 7) is 0.0669. The van der Waals surface area contributed by atoms with Crippen LogP contribution in [0.5, 0.6) is 5.75 Å². The Balaban J connectivity index is 2.40. The van der Waals surface area contributed by atoms with E-state index in [0.29, 0.717) is 17.0 Å². The molecule has 0 saturated carbocycles. The highest BCUT2D eigenvalue weighted by molar-refractivity contribution is 5.97. The van der Waals surface area contributed by atoms with E-state index in [1.807, 2.05) is 0 Å². The summed E-state index contributed by atoms with van der Waals surface area (Å²) in [6, 6.07) is 5.27. The van der Waals surface area contributed by atoms with Crippen LogP contribution in [0.2, 0.25) is 0 Å². The van der Waals surface area contributed by atoms with Gasteiger partial charge in [0.25, 0.3) is 5.91 Å². The lowest BCUT2D eigenvalue weighted by Crippen LogP contribution is -2.35. The molecule has 1 heterocycles. The Morgan fingerprint density at radius 1 is 1.56 bits per heavy atom. The van der Waals surface area contributed by atoms with Gasteiger partial charge in [0.1, 0.15) is 12.0 Å². The molecule has 0 fully saturated rings. The highest BCUT2D eigenvalue weighted by atomic mass is 16.5. The Morgan fingerprint density at radius 2 is 2.31 bits per heavy atom. The highest BCUT2D eigenvalue weighted by Gasteiger charge is 2.23. The predicted octanol–water partition coefficient (Wildman–Crippen LogP) is 0.252. The minimum absolute atomic E-state index is 0.0669. The number of carbonyl (C=O) groups is 1. The van der Waals surface area contributed by atoms with Crippen molar-refractivity contribution in [1.29, 1.82) is 0 Å². The van der Waals surface area contributed by atoms with Crippen LogP contribution in [0.1, 0.15) is 11.8 Å². The van der Waals surface area contributed by atoms with E-state index in [1.54, 1.807) is 32.3 Å². The van der Waals surface area contributed by atoms with E-state index in [9.17, 15) is 9.90 Å². The van der Waals surface area contributed by atoms with Crippen molar-refractivity contribution in [2.75, 3.05) is 25.6 Å². The van der Waals surface area contributed by atoms with Gasteiger partial charge in [-0.25, -0.2) is 0 Å². The number of aliphatic hydroxyl groups is 1. The molecule has 5 heteroatoms. The van der Waals surface area contributed by atoms with Crippen molar-refractivity contribution in [2.45, 2.75) is 6.23 Å². The topological polar surface area (TPSA) is 61.8 Å². The third kappa shape index (κ3) is 1.75. The number of likely N-dealkylation sites (N-methyl/N-ethyl adjacent to an activating group) is 1. The molecule has 1 atom stereocenters. The minimum atomic E-state index is -0.740. The van der Waals surface area contributed by atoms with Crippen molar-refractivity contribution >= 4 is 11.6 Å². The van der Waals surface area contributed by atoms with Gasteiger partial charge in [0, 0.05) is 7.05 Å². The van der Waals surface area contributed by atoms with Crippen molar-refractivity contribution < 1.29 is 14.6 Å². The fraction of sp³-hybridized carbons (Fsp3) is 0.364. The number of ether oxygens (including phenoxy) is 1. The summed E-state index contributed by atoms with van der Waals surface area (Å²) >= 11 is 0. The van der Waals surface area contributed by atoms with Gasteiger partial charge in [0.2, 0.25) is 0 Å². The molecule has 0 saturated heterocycles. The second-order valence-corrected chi connectivity index (χ2v) is 3.66. The Hall–Kier alpha value is -1.59. The monoisotopic (exact) mass is 222 g/mol. The fourth-order valence-corrected chi connectivity index (χ4v) is 1.63. The van der Waals surface area contributed by atoms with Crippen LogP contribution in [0.25, 0.3) is 0 Å². The molecule has 1 unspecified atom stereocenters. The molecule has 1 aliphatic heterocycles. The number of carbonyl (C=O) groups excluding carboxylic acids is 1. The zero-order chi connectivity index (χ0) is 11.7. The summed E-state index contributed by atoms with van der Waals surface area (Å²) in [6.07, 6.45) is -0.740. The number of aliphatic hydroxyl groups excluding tert-OH is 1. The number of hydrogen-bond donors (Lipinski definition) is 2. The Kier molecular flexibility index (Phi) is 2.80. The van der Waals surface area contributed by atoms with E-state index in [4.69, 9.17) is 4.74 Å². The molecular formula is C11H14N2O3. The smallest absolute Gasteiger partial charge is 0.264 e. The van der Waals surface area contributed by atoms with Crippen LogP contribution in [-0.2, 0) is 4.79 Å². The predicted molar refractivity (Wildman–Crippen MR) is 59.4 cm³/mol. The summed E-state index contributed by atoms with van der Waals surface area (Å²) in [4.78, 5) is 13.0. The van der Waals surface area contributed by atoms with E-state index in [0.717, 1.165) is 0 Å². The number of nitrogens with one attached hydrogen (secondary N) is 1. The quantitative estimate of drug-likeness (QED) is 0.704. The number of hydrogen-bond acceptors (Lipinski definition) is 4. The van der Waals surface area contributed by atoms with Gasteiger partial charge < -0.3 is 14.7 Å². The van der Waals surface area contributed by atoms with E-state index in [-0.39, 0.29) is 12.5 Å². The van der Waals surface area contributed by atoms with Crippen LogP contribution >= 0.6 is 0 Å². The second-order valence-electron chi connectivity index (χ2n) is 3.66. The average Bonchev–Trinajstić information content (AvgIpc) is 2.32. The van der Waals surface area contributed by atoms with E-state index in [2.05, 4.69) is 5.32 Å². The molecule has 0 aromatic heterocycles. The molecule has 0 bridgehead atoms. The summed E-state index contributed by atoms with van der Waals surface area (Å²) in [5.74, 6) is 0.567. The van der Waals surface area contributed by atoms with Gasteiger partial charge in [0.15, 0.2) is 6.61 Å². The standard InChI is InChI=1S/C11H14N2O3/c1-12-11(15)7-3-4-9-8(5-7)13(2)10(14)6-16-9/h3-5,11-12,15H,6H2,1-2H3. The van der Waals surface area contributed by atoms with E-state index >= 15 is 0 Å². The maximum Gasteiger partial charge on any atom is 0.264 e. The molecule has 5 nitrogen and oxygen atoms in total. The van der Waals surface area contributed by atoms with Crippen molar-refractivity contribution in [2.24, 2.45) is 0 Å². The molecule has 16 heavy (non-hydrogen) atoms. The van der Waals surface area contributed by atoms with Crippen molar-refractivity contribution in [3.8, 4) is 5.75 Å². The fourth-order valence-electron chi connectivity index (χ4n) is 1.63. The van der Waals surface area contributed by atoms with Gasteiger partial charge in [-0.15, -0.1) is 0 Å². The Bertz CT molecular complexity index is 420. The summed E-state index contributed by atoms with van der Waals surface area (Å²) < 4.78 is 5.28. The summed E-state index contributed by atoms with van der Waals surface area (Å²) in [7, 11) is 3.36. The zero-order valence-electron chi connectivity index (χ0n) is 9.23. The third-order valence-electron chi connectivity index (χ3n) is 2.66. The lowest BCUT2D eigenvalue weighted by Gasteiger charge is -2.26. The van der Waals surface area contributed by atoms with Crippen LogP contribution in [0, 0.1) is 0 Å². The maximum atomic E-state index is 11.4. The molecule has 0 spiro atoms. The van der Waals surface area contributed by atoms with Crippen molar-refractivity contribution in [1.82, 2.24) is 5.32 Å². The van der Waals surface area contributed by atoms with Crippen molar-refractivity contribution in [3.63, 3.8) is 0 Å². The largest absolute Gasteiger partial charge is 0.482 e. The molecule has 1 aliphatic rings. The minimum Gasteiger partial charge on any atom is -0.482 e. The molecule has 0 radical (unpaired) electrons. The van der Waals surface area contributed by atoms with Gasteiger partial charge in [-0.2, -0.15) is 0 Å². The van der Waals surface area contributed by atoms with Gasteiger partial charge in [0.05, 0.1) is 5.69 Å². The number of anilines is 1. The number of nitrogens with zero attached hydrogens (tertiary/aromatic N) is 1. The highest BCUT2D eigenvalue weighted by Crippen LogP contribution is 2.33. The van der Waals surface area contributed by atoms with Crippen LogP contribution in [0.15, 0.2) is 18.2 Å². The molecule has 2 N–H and O–H groups in total. The lowest BCUT2D eigenvalue weighted by molar-refractivity contribution is -0.120. The molecular weight excluding hydrogens is 208 g/mol. The van der Waals surface area contributed by atoms with Crippen LogP contribution < -0.4 is 15.0 Å². The molecule has 1 aromatic rings. The molecule has 1 aromatic carbocycles. The first-order chi connectivity index (χ1) is 7.63. The van der Waals surface area contributed by atoms with Gasteiger partial charge in [-0.05, 0) is 24.7 Å². The third-order valence-corrected chi connectivity index (χ3v) is 2.66. The second kappa shape index (κ2) is 4.11. The zero-order valence-corrected chi connectivity index (χ0v) is 9.23. The van der Waals surface area contributed by atoms with E-state index < -0.39 is 6.23 Å². The number of rotatable bonds is 2. The van der Waals surface area contributed by atoms with E-state index in [1.165, 1.54) is 4.90 Å². The number of amides is 1. The first kappa shape index (κ1) is 10.9. The number of benzene rings is 1.